The fourth-order valence-corrected chi connectivity index (χ4v) is 1.57. The Balaban J connectivity index is 0.000000144. The number of H-pyrrole nitrogens is 1. The highest BCUT2D eigenvalue weighted by Crippen LogP contribution is 2.17. The summed E-state index contributed by atoms with van der Waals surface area (Å²) in [5.41, 5.74) is 2.85. The number of nitrogens with one attached hydrogen (secondary N) is 1. The number of nitrogens with zero attached hydrogens (tertiary/aromatic N) is 1. The minimum Gasteiger partial charge on any atom is -0.508 e. The summed E-state index contributed by atoms with van der Waals surface area (Å²) in [5, 5.41) is 12.0. The van der Waals surface area contributed by atoms with E-state index < -0.39 is 0 Å². The first-order valence-corrected chi connectivity index (χ1v) is 5.39. The average Bonchev–Trinajstić information content (AvgIpc) is 2.91. The smallest absolute Gasteiger partial charge is 0.116 e. The van der Waals surface area contributed by atoms with Crippen molar-refractivity contribution in [3.8, 4) is 5.75 Å². The van der Waals surface area contributed by atoms with Gasteiger partial charge in [-0.05, 0) is 24.3 Å². The molecule has 0 atom stereocenters. The maximum absolute atomic E-state index is 9.03. The fraction of sp³-hybridized carbons (Fsp3) is 0. The first-order chi connectivity index (χ1) is 7.36. The minimum atomic E-state index is 0.312. The summed E-state index contributed by atoms with van der Waals surface area (Å²) in [5.74, 6) is 0.312. The molecule has 0 aliphatic rings. The predicted molar refractivity (Wildman–Crippen MR) is 62.1 cm³/mol. The van der Waals surface area contributed by atoms with E-state index in [9.17, 15) is 0 Å². The Hall–Kier alpha value is -1.81. The Labute approximate surface area is 91.0 Å². The molecule has 0 radical (unpaired) electrons. The van der Waals surface area contributed by atoms with Gasteiger partial charge in [-0.1, -0.05) is 0 Å². The van der Waals surface area contributed by atoms with Gasteiger partial charge in [0, 0.05) is 28.7 Å². The molecule has 15 heavy (non-hydrogen) atoms. The average molecular weight is 218 g/mol. The van der Waals surface area contributed by atoms with Gasteiger partial charge in [0.1, 0.15) is 5.75 Å². The summed E-state index contributed by atoms with van der Waals surface area (Å²) in [6, 6.07) is 7.17. The molecule has 2 aromatic heterocycles. The molecule has 3 nitrogen and oxygen atoms in total. The van der Waals surface area contributed by atoms with Gasteiger partial charge in [-0.2, -0.15) is 0 Å². The molecule has 0 aliphatic carbocycles. The number of fused-ring (bicyclic) bond motifs is 1. The molecule has 0 fully saturated rings. The second-order valence-corrected chi connectivity index (χ2v) is 3.68. The second kappa shape index (κ2) is 4.61. The number of hydrogen-bond acceptors (Lipinski definition) is 3. The minimum absolute atomic E-state index is 0.312. The summed E-state index contributed by atoms with van der Waals surface area (Å²) in [7, 11) is 0. The van der Waals surface area contributed by atoms with Gasteiger partial charge < -0.3 is 10.1 Å². The van der Waals surface area contributed by atoms with Crippen molar-refractivity contribution in [2.75, 3.05) is 0 Å². The van der Waals surface area contributed by atoms with Crippen LogP contribution in [-0.2, 0) is 0 Å². The molecule has 4 heteroatoms. The van der Waals surface area contributed by atoms with Crippen molar-refractivity contribution in [3.63, 3.8) is 0 Å². The third-order valence-electron chi connectivity index (χ3n) is 1.88. The van der Waals surface area contributed by atoms with Crippen LogP contribution in [0.2, 0.25) is 0 Å². The van der Waals surface area contributed by atoms with Crippen LogP contribution in [0, 0.1) is 0 Å². The molecule has 0 amide bonds. The molecular weight excluding hydrogens is 208 g/mol. The number of phenols is 1. The van der Waals surface area contributed by atoms with E-state index in [-0.39, 0.29) is 0 Å². The van der Waals surface area contributed by atoms with Crippen LogP contribution in [0.4, 0.5) is 0 Å². The van der Waals surface area contributed by atoms with Gasteiger partial charge in [0.15, 0.2) is 0 Å². The maximum atomic E-state index is 9.03. The van der Waals surface area contributed by atoms with E-state index in [1.165, 1.54) is 0 Å². The number of rotatable bonds is 0. The van der Waals surface area contributed by atoms with Gasteiger partial charge >= 0.3 is 0 Å². The third-order valence-corrected chi connectivity index (χ3v) is 2.41. The number of thiazole rings is 1. The molecule has 0 unspecified atom stereocenters. The zero-order valence-electron chi connectivity index (χ0n) is 7.92. The normalized spacial score (nSPS) is 9.60. The van der Waals surface area contributed by atoms with Crippen LogP contribution in [0.5, 0.6) is 5.75 Å². The molecule has 3 aromatic rings. The number of aromatic hydroxyl groups is 1. The summed E-state index contributed by atoms with van der Waals surface area (Å²) >= 11 is 1.60. The fourth-order valence-electron chi connectivity index (χ4n) is 1.22. The maximum Gasteiger partial charge on any atom is 0.116 e. The molecule has 3 rings (SSSR count). The highest BCUT2D eigenvalue weighted by Gasteiger charge is 1.92. The third kappa shape index (κ3) is 2.57. The Morgan fingerprint density at radius 2 is 2.20 bits per heavy atom. The van der Waals surface area contributed by atoms with Crippen molar-refractivity contribution in [1.82, 2.24) is 9.97 Å². The van der Waals surface area contributed by atoms with Gasteiger partial charge in [-0.3, -0.25) is 4.98 Å². The van der Waals surface area contributed by atoms with E-state index in [0.717, 1.165) is 10.9 Å². The first kappa shape index (κ1) is 9.73. The lowest BCUT2D eigenvalue weighted by molar-refractivity contribution is 0.476. The second-order valence-electron chi connectivity index (χ2n) is 2.92. The first-order valence-electron chi connectivity index (χ1n) is 4.44. The van der Waals surface area contributed by atoms with Gasteiger partial charge in [0.25, 0.3) is 0 Å². The van der Waals surface area contributed by atoms with Crippen LogP contribution < -0.4 is 0 Å². The molecular formula is C11H10N2OS. The van der Waals surface area contributed by atoms with Crippen molar-refractivity contribution in [1.29, 1.82) is 0 Å². The molecule has 0 aliphatic heterocycles. The lowest BCUT2D eigenvalue weighted by Crippen LogP contribution is -1.65. The molecule has 76 valence electrons. The van der Waals surface area contributed by atoms with E-state index in [0.29, 0.717) is 5.75 Å². The zero-order valence-corrected chi connectivity index (χ0v) is 8.74. The quantitative estimate of drug-likeness (QED) is 0.609. The molecule has 0 bridgehead atoms. The predicted octanol–water partition coefficient (Wildman–Crippen LogP) is 3.02. The number of phenolic OH excluding ortho intramolecular Hbond substituents is 1. The van der Waals surface area contributed by atoms with Crippen molar-refractivity contribution >= 4 is 22.2 Å². The van der Waals surface area contributed by atoms with Crippen molar-refractivity contribution < 1.29 is 5.11 Å². The van der Waals surface area contributed by atoms with Crippen LogP contribution in [0.25, 0.3) is 10.9 Å². The Morgan fingerprint density at radius 3 is 2.87 bits per heavy atom. The highest BCUT2D eigenvalue weighted by atomic mass is 32.1. The van der Waals surface area contributed by atoms with Crippen LogP contribution in [0.15, 0.2) is 47.5 Å². The van der Waals surface area contributed by atoms with Crippen molar-refractivity contribution in [2.45, 2.75) is 0 Å². The summed E-state index contributed by atoms with van der Waals surface area (Å²) in [6.07, 6.45) is 3.62. The van der Waals surface area contributed by atoms with Crippen LogP contribution >= 0.6 is 11.3 Å². The standard InChI is InChI=1S/C8H7NO.C3H3NS/c10-7-1-2-8-6(5-7)3-4-9-8;1-2-5-3-4-1/h1-5,9-10H;1-3H. The Kier molecular flexibility index (Phi) is 2.99. The largest absolute Gasteiger partial charge is 0.508 e. The topological polar surface area (TPSA) is 48.9 Å². The van der Waals surface area contributed by atoms with E-state index in [1.54, 1.807) is 35.2 Å². The van der Waals surface area contributed by atoms with Crippen LogP contribution in [0.3, 0.4) is 0 Å². The van der Waals surface area contributed by atoms with Crippen LogP contribution in [0.1, 0.15) is 0 Å². The van der Waals surface area contributed by atoms with E-state index in [4.69, 9.17) is 5.11 Å². The van der Waals surface area contributed by atoms with Gasteiger partial charge in [-0.15, -0.1) is 11.3 Å². The number of benzene rings is 1. The lowest BCUT2D eigenvalue weighted by Gasteiger charge is -1.89. The van der Waals surface area contributed by atoms with Gasteiger partial charge in [0.2, 0.25) is 0 Å². The van der Waals surface area contributed by atoms with E-state index >= 15 is 0 Å². The summed E-state index contributed by atoms with van der Waals surface area (Å²) in [4.78, 5) is 6.78. The number of aromatic nitrogens is 2. The van der Waals surface area contributed by atoms with Gasteiger partial charge in [0.05, 0.1) is 5.51 Å². The Bertz CT molecular complexity index is 499. The van der Waals surface area contributed by atoms with Crippen molar-refractivity contribution in [3.05, 3.63) is 47.5 Å². The monoisotopic (exact) mass is 218 g/mol. The van der Waals surface area contributed by atoms with E-state index in [2.05, 4.69) is 9.97 Å². The van der Waals surface area contributed by atoms with Crippen molar-refractivity contribution in [2.24, 2.45) is 0 Å². The summed E-state index contributed by atoms with van der Waals surface area (Å²) in [6.45, 7) is 0. The highest BCUT2D eigenvalue weighted by molar-refractivity contribution is 7.07. The zero-order chi connectivity index (χ0) is 10.5. The molecule has 1 aromatic carbocycles. The van der Waals surface area contributed by atoms with Crippen LogP contribution in [-0.4, -0.2) is 15.1 Å². The van der Waals surface area contributed by atoms with Gasteiger partial charge in [-0.25, -0.2) is 0 Å². The summed E-state index contributed by atoms with van der Waals surface area (Å²) < 4.78 is 0. The molecule has 2 N–H and O–H groups in total. The molecule has 0 spiro atoms. The molecule has 0 saturated carbocycles. The number of aromatic amines is 1. The SMILES string of the molecule is Oc1ccc2[nH]ccc2c1.c1cscn1. The molecule has 2 heterocycles. The lowest BCUT2D eigenvalue weighted by atomic mass is 10.2. The van der Waals surface area contributed by atoms with E-state index in [1.807, 2.05) is 23.7 Å². The molecule has 0 saturated heterocycles. The Morgan fingerprint density at radius 1 is 1.27 bits per heavy atom. The number of hydrogen-bond donors (Lipinski definition) is 2.